The summed E-state index contributed by atoms with van der Waals surface area (Å²) in [6.07, 6.45) is 2.83. The molecule has 0 atom stereocenters. The summed E-state index contributed by atoms with van der Waals surface area (Å²) in [5.74, 6) is 2.14. The molecule has 0 spiro atoms. The van der Waals surface area contributed by atoms with Gasteiger partial charge < -0.3 is 26.0 Å². The van der Waals surface area contributed by atoms with Gasteiger partial charge in [0.25, 0.3) is 0 Å². The van der Waals surface area contributed by atoms with E-state index in [0.717, 1.165) is 49.1 Å². The Bertz CT molecular complexity index is 649. The monoisotopic (exact) mass is 301 g/mol. The molecule has 3 aliphatic heterocycles. The Balaban J connectivity index is 1.72. The molecule has 0 unspecified atom stereocenters. The van der Waals surface area contributed by atoms with Crippen molar-refractivity contribution in [1.29, 1.82) is 0 Å². The smallest absolute Gasteiger partial charge is 0.228 e. The minimum atomic E-state index is 0.445. The summed E-state index contributed by atoms with van der Waals surface area (Å²) in [6, 6.07) is 0. The van der Waals surface area contributed by atoms with E-state index in [-0.39, 0.29) is 0 Å². The zero-order valence-electron chi connectivity index (χ0n) is 12.3. The molecule has 0 saturated carbocycles. The number of morpholine rings is 1. The molecular formula is C14H19N7O. The van der Waals surface area contributed by atoms with Crippen molar-refractivity contribution in [3.63, 3.8) is 0 Å². The number of guanidine groups is 1. The summed E-state index contributed by atoms with van der Waals surface area (Å²) in [7, 11) is 0. The lowest BCUT2D eigenvalue weighted by atomic mass is 10.1. The van der Waals surface area contributed by atoms with Crippen LogP contribution in [0, 0.1) is 0 Å². The van der Waals surface area contributed by atoms with Crippen LogP contribution in [-0.4, -0.2) is 55.3 Å². The largest absolute Gasteiger partial charge is 0.378 e. The number of fused-ring (bicyclic) bond motifs is 1. The zero-order chi connectivity index (χ0) is 14.9. The van der Waals surface area contributed by atoms with Crippen molar-refractivity contribution in [1.82, 2.24) is 15.3 Å². The lowest BCUT2D eigenvalue weighted by molar-refractivity contribution is 0.122. The Morgan fingerprint density at radius 2 is 2.09 bits per heavy atom. The van der Waals surface area contributed by atoms with Crippen LogP contribution in [0.3, 0.4) is 0 Å². The van der Waals surface area contributed by atoms with E-state index in [4.69, 9.17) is 15.5 Å². The van der Waals surface area contributed by atoms with Crippen molar-refractivity contribution >= 4 is 23.3 Å². The summed E-state index contributed by atoms with van der Waals surface area (Å²) in [5, 5.41) is 6.32. The van der Waals surface area contributed by atoms with Gasteiger partial charge in [-0.1, -0.05) is 0 Å². The fourth-order valence-electron chi connectivity index (χ4n) is 2.90. The Hall–Kier alpha value is -2.35. The van der Waals surface area contributed by atoms with Crippen molar-refractivity contribution in [2.24, 2.45) is 10.7 Å². The van der Waals surface area contributed by atoms with E-state index >= 15 is 0 Å². The number of hydrogen-bond donors (Lipinski definition) is 3. The number of nitrogens with two attached hydrogens (primary N) is 1. The van der Waals surface area contributed by atoms with Gasteiger partial charge >= 0.3 is 0 Å². The van der Waals surface area contributed by atoms with Gasteiger partial charge in [0, 0.05) is 37.0 Å². The normalized spacial score (nSPS) is 20.6. The van der Waals surface area contributed by atoms with Gasteiger partial charge in [-0.3, -0.25) is 0 Å². The van der Waals surface area contributed by atoms with Crippen molar-refractivity contribution in [2.75, 3.05) is 49.6 Å². The van der Waals surface area contributed by atoms with Crippen LogP contribution in [0.5, 0.6) is 0 Å². The van der Waals surface area contributed by atoms with Crippen LogP contribution in [-0.2, 0) is 11.2 Å². The summed E-state index contributed by atoms with van der Waals surface area (Å²) in [5.41, 5.74) is 8.85. The third kappa shape index (κ3) is 2.35. The van der Waals surface area contributed by atoms with Gasteiger partial charge in [-0.05, 0) is 6.42 Å². The van der Waals surface area contributed by atoms with Crippen LogP contribution < -0.4 is 21.3 Å². The predicted molar refractivity (Wildman–Crippen MR) is 84.9 cm³/mol. The quantitative estimate of drug-likeness (QED) is 0.679. The van der Waals surface area contributed by atoms with Crippen molar-refractivity contribution in [3.05, 3.63) is 17.5 Å². The molecule has 4 heterocycles. The fourth-order valence-corrected chi connectivity index (χ4v) is 2.90. The molecule has 4 N–H and O–H groups in total. The second-order valence-corrected chi connectivity index (χ2v) is 5.49. The maximum Gasteiger partial charge on any atom is 0.228 e. The summed E-state index contributed by atoms with van der Waals surface area (Å²) < 4.78 is 5.41. The molecule has 8 heteroatoms. The van der Waals surface area contributed by atoms with E-state index in [9.17, 15) is 0 Å². The first-order chi connectivity index (χ1) is 10.8. The Morgan fingerprint density at radius 3 is 2.86 bits per heavy atom. The number of hydrogen-bond acceptors (Lipinski definition) is 8. The number of nitrogens with zero attached hydrogens (tertiary/aromatic N) is 4. The Labute approximate surface area is 128 Å². The van der Waals surface area contributed by atoms with E-state index in [0.29, 0.717) is 25.7 Å². The van der Waals surface area contributed by atoms with E-state index in [1.54, 1.807) is 0 Å². The number of rotatable bonds is 2. The average molecular weight is 301 g/mol. The maximum atomic E-state index is 5.66. The summed E-state index contributed by atoms with van der Waals surface area (Å²) >= 11 is 0. The van der Waals surface area contributed by atoms with Gasteiger partial charge in [-0.15, -0.1) is 0 Å². The zero-order valence-corrected chi connectivity index (χ0v) is 12.3. The third-order valence-electron chi connectivity index (χ3n) is 4.07. The Kier molecular flexibility index (Phi) is 3.30. The van der Waals surface area contributed by atoms with Crippen LogP contribution in [0.15, 0.2) is 11.2 Å². The summed E-state index contributed by atoms with van der Waals surface area (Å²) in [6.45, 7) is 4.52. The number of anilines is 2. The number of ether oxygens (including phenoxy) is 1. The first-order valence-electron chi connectivity index (χ1n) is 7.54. The topological polar surface area (TPSA) is 101 Å². The first kappa shape index (κ1) is 13.3. The van der Waals surface area contributed by atoms with Gasteiger partial charge in [0.15, 0.2) is 5.96 Å². The SMILES string of the molecule is NC1=NCC(c2nc(N3CCOCC3)nc3c2CCN3)=CN1. The molecule has 0 bridgehead atoms. The molecule has 4 rings (SSSR count). The third-order valence-corrected chi connectivity index (χ3v) is 4.07. The van der Waals surface area contributed by atoms with Crippen molar-refractivity contribution in [2.45, 2.75) is 6.42 Å². The highest BCUT2D eigenvalue weighted by atomic mass is 16.5. The van der Waals surface area contributed by atoms with Gasteiger partial charge in [0.1, 0.15) is 5.82 Å². The number of aromatic nitrogens is 2. The highest BCUT2D eigenvalue weighted by Gasteiger charge is 2.24. The van der Waals surface area contributed by atoms with Gasteiger partial charge in [0.2, 0.25) is 5.95 Å². The molecule has 0 aromatic carbocycles. The number of nitrogens with one attached hydrogen (secondary N) is 2. The van der Waals surface area contributed by atoms with Crippen LogP contribution in [0.4, 0.5) is 11.8 Å². The standard InChI is InChI=1S/C14H19N7O/c15-13-17-7-9(8-18-13)11-10-1-2-16-12(10)20-14(19-11)21-3-5-22-6-4-21/h7H,1-6,8H2,(H3,15,17,18)(H,16,19,20). The molecule has 0 radical (unpaired) electrons. The molecule has 3 aliphatic rings. The van der Waals surface area contributed by atoms with Crippen LogP contribution in [0.25, 0.3) is 5.57 Å². The van der Waals surface area contributed by atoms with E-state index in [2.05, 4.69) is 25.5 Å². The fraction of sp³-hybridized carbons (Fsp3) is 0.500. The first-order valence-corrected chi connectivity index (χ1v) is 7.54. The van der Waals surface area contributed by atoms with Gasteiger partial charge in [-0.25, -0.2) is 9.98 Å². The molecule has 22 heavy (non-hydrogen) atoms. The highest BCUT2D eigenvalue weighted by Crippen LogP contribution is 2.30. The van der Waals surface area contributed by atoms with Crippen molar-refractivity contribution < 1.29 is 4.74 Å². The molecule has 0 aliphatic carbocycles. The average Bonchev–Trinajstić information content (AvgIpc) is 3.04. The molecule has 1 fully saturated rings. The lowest BCUT2D eigenvalue weighted by Crippen LogP contribution is -2.37. The molecule has 116 valence electrons. The molecule has 1 aromatic rings. The highest BCUT2D eigenvalue weighted by molar-refractivity contribution is 5.85. The number of aliphatic imine (C=N–C) groups is 1. The second kappa shape index (κ2) is 5.45. The van der Waals surface area contributed by atoms with Crippen LogP contribution in [0.1, 0.15) is 11.3 Å². The second-order valence-electron chi connectivity index (χ2n) is 5.49. The molecular weight excluding hydrogens is 282 g/mol. The maximum absolute atomic E-state index is 5.66. The van der Waals surface area contributed by atoms with Crippen LogP contribution in [0.2, 0.25) is 0 Å². The predicted octanol–water partition coefficient (Wildman–Crippen LogP) is -0.460. The van der Waals surface area contributed by atoms with Gasteiger partial charge in [-0.2, -0.15) is 4.98 Å². The summed E-state index contributed by atoms with van der Waals surface area (Å²) in [4.78, 5) is 15.9. The molecule has 1 saturated heterocycles. The van der Waals surface area contributed by atoms with Gasteiger partial charge in [0.05, 0.1) is 25.5 Å². The van der Waals surface area contributed by atoms with E-state index in [1.165, 1.54) is 5.56 Å². The van der Waals surface area contributed by atoms with Crippen LogP contribution >= 0.6 is 0 Å². The van der Waals surface area contributed by atoms with E-state index in [1.807, 2.05) is 6.20 Å². The minimum Gasteiger partial charge on any atom is -0.378 e. The molecule has 1 aromatic heterocycles. The van der Waals surface area contributed by atoms with Crippen molar-refractivity contribution in [3.8, 4) is 0 Å². The Morgan fingerprint density at radius 1 is 1.23 bits per heavy atom. The minimum absolute atomic E-state index is 0.445. The van der Waals surface area contributed by atoms with E-state index < -0.39 is 0 Å². The molecule has 0 amide bonds. The lowest BCUT2D eigenvalue weighted by Gasteiger charge is -2.27. The molecule has 8 nitrogen and oxygen atoms in total.